The van der Waals surface area contributed by atoms with Gasteiger partial charge in [0.25, 0.3) is 9.70 Å². The van der Waals surface area contributed by atoms with E-state index in [-0.39, 0.29) is 11.9 Å². The zero-order valence-electron chi connectivity index (χ0n) is 11.1. The van der Waals surface area contributed by atoms with E-state index in [1.165, 1.54) is 0 Å². The maximum absolute atomic E-state index is 12.1. The van der Waals surface area contributed by atoms with Gasteiger partial charge in [0.05, 0.1) is 6.04 Å². The van der Waals surface area contributed by atoms with Crippen LogP contribution >= 0.6 is 34.8 Å². The molecule has 0 radical (unpaired) electrons. The molecule has 19 heavy (non-hydrogen) atoms. The van der Waals surface area contributed by atoms with Crippen molar-refractivity contribution < 1.29 is 10.1 Å². The summed E-state index contributed by atoms with van der Waals surface area (Å²) >= 11 is 17.7. The summed E-state index contributed by atoms with van der Waals surface area (Å²) < 4.78 is -1.57. The molecule has 0 aliphatic rings. The van der Waals surface area contributed by atoms with Crippen LogP contribution in [0.4, 0.5) is 0 Å². The van der Waals surface area contributed by atoms with E-state index in [0.717, 1.165) is 5.56 Å². The molecule has 1 amide bonds. The molecule has 0 fully saturated rings. The van der Waals surface area contributed by atoms with Gasteiger partial charge in [0.15, 0.2) is 0 Å². The number of hydrogen-bond donors (Lipinski definition) is 2. The molecule has 1 aromatic rings. The molecular weight excluding hydrogens is 307 g/mol. The van der Waals surface area contributed by atoms with Crippen molar-refractivity contribution in [3.8, 4) is 0 Å². The second kappa shape index (κ2) is 6.80. The minimum atomic E-state index is -1.57. The van der Waals surface area contributed by atoms with E-state index in [0.29, 0.717) is 5.56 Å². The maximum Gasteiger partial charge on any atom is 0.262 e. The number of halogens is 3. The van der Waals surface area contributed by atoms with Gasteiger partial charge in [0.2, 0.25) is 6.17 Å². The van der Waals surface area contributed by atoms with E-state index in [2.05, 4.69) is 5.32 Å². The van der Waals surface area contributed by atoms with Crippen LogP contribution in [-0.4, -0.2) is 21.9 Å². The van der Waals surface area contributed by atoms with Gasteiger partial charge in [-0.05, 0) is 32.9 Å². The summed E-state index contributed by atoms with van der Waals surface area (Å²) in [5, 5.41) is 4.55. The van der Waals surface area contributed by atoms with E-state index in [1.807, 2.05) is 32.9 Å². The van der Waals surface area contributed by atoms with Crippen molar-refractivity contribution in [3.63, 3.8) is 0 Å². The molecule has 0 bridgehead atoms. The van der Waals surface area contributed by atoms with Gasteiger partial charge in [-0.2, -0.15) is 0 Å². The lowest BCUT2D eigenvalue weighted by molar-refractivity contribution is -0.717. The first-order valence-corrected chi connectivity index (χ1v) is 7.13. The van der Waals surface area contributed by atoms with Crippen LogP contribution in [0.25, 0.3) is 0 Å². The molecule has 1 aromatic carbocycles. The van der Waals surface area contributed by atoms with Gasteiger partial charge in [0, 0.05) is 5.56 Å². The number of carbonyl (C=O) groups is 1. The van der Waals surface area contributed by atoms with Crippen LogP contribution in [0.3, 0.4) is 0 Å². The maximum atomic E-state index is 12.1. The van der Waals surface area contributed by atoms with E-state index in [1.54, 1.807) is 17.4 Å². The number of carbonyl (C=O) groups excluding carboxylic acids is 1. The summed E-state index contributed by atoms with van der Waals surface area (Å²) in [4.78, 5) is 12.1. The number of amides is 1. The molecular formula is C13H18Cl3N2O+. The van der Waals surface area contributed by atoms with Crippen LogP contribution in [-0.2, 0) is 0 Å². The smallest absolute Gasteiger partial charge is 0.262 e. The fourth-order valence-electron chi connectivity index (χ4n) is 1.63. The van der Waals surface area contributed by atoms with Gasteiger partial charge in [-0.3, -0.25) is 10.1 Å². The van der Waals surface area contributed by atoms with Gasteiger partial charge >= 0.3 is 0 Å². The highest BCUT2D eigenvalue weighted by atomic mass is 35.6. The molecule has 106 valence electrons. The molecule has 6 heteroatoms. The monoisotopic (exact) mass is 323 g/mol. The van der Waals surface area contributed by atoms with Crippen molar-refractivity contribution in [2.75, 3.05) is 0 Å². The Kier molecular flexibility index (Phi) is 5.93. The summed E-state index contributed by atoms with van der Waals surface area (Å²) in [6.07, 6.45) is -0.634. The number of quaternary nitrogens is 1. The summed E-state index contributed by atoms with van der Waals surface area (Å²) in [6.45, 7) is 5.84. The number of alkyl halides is 3. The Labute approximate surface area is 128 Å². The van der Waals surface area contributed by atoms with Crippen molar-refractivity contribution >= 4 is 40.7 Å². The third-order valence-corrected chi connectivity index (χ3v) is 3.20. The minimum absolute atomic E-state index is 0.193. The first-order valence-electron chi connectivity index (χ1n) is 5.99. The van der Waals surface area contributed by atoms with Crippen molar-refractivity contribution in [1.29, 1.82) is 0 Å². The first kappa shape index (κ1) is 16.6. The fraction of sp³-hybridized carbons (Fsp3) is 0.462. The van der Waals surface area contributed by atoms with Crippen LogP contribution in [0.2, 0.25) is 0 Å². The molecule has 0 saturated heterocycles. The highest BCUT2D eigenvalue weighted by molar-refractivity contribution is 6.68. The molecule has 0 saturated carbocycles. The molecule has 1 atom stereocenters. The number of benzene rings is 1. The minimum Gasteiger partial charge on any atom is -0.321 e. The summed E-state index contributed by atoms with van der Waals surface area (Å²) in [7, 11) is 0. The van der Waals surface area contributed by atoms with Gasteiger partial charge in [-0.1, -0.05) is 52.5 Å². The third kappa shape index (κ3) is 5.57. The van der Waals surface area contributed by atoms with Crippen molar-refractivity contribution in [1.82, 2.24) is 5.32 Å². The third-order valence-electron chi connectivity index (χ3n) is 2.50. The average Bonchev–Trinajstić information content (AvgIpc) is 2.26. The van der Waals surface area contributed by atoms with Crippen LogP contribution in [0.15, 0.2) is 24.3 Å². The summed E-state index contributed by atoms with van der Waals surface area (Å²) in [5.74, 6) is -0.253. The molecule has 0 spiro atoms. The standard InChI is InChI=1S/C13H17Cl3N2O/c1-8(2)17-12(13(14,15)16)18-11(19)10-6-4-5-9(3)7-10/h4-8,12,17H,1-3H3,(H,18,19)/p+1/t12-/m0/s1. The zero-order chi connectivity index (χ0) is 14.6. The lowest BCUT2D eigenvalue weighted by atomic mass is 10.1. The Morgan fingerprint density at radius 3 is 2.42 bits per heavy atom. The quantitative estimate of drug-likeness (QED) is 0.648. The predicted octanol–water partition coefficient (Wildman–Crippen LogP) is 2.39. The zero-order valence-corrected chi connectivity index (χ0v) is 13.4. The highest BCUT2D eigenvalue weighted by Gasteiger charge is 2.38. The second-order valence-electron chi connectivity index (χ2n) is 4.80. The van der Waals surface area contributed by atoms with Gasteiger partial charge in [-0.25, -0.2) is 0 Å². The Morgan fingerprint density at radius 1 is 1.32 bits per heavy atom. The summed E-state index contributed by atoms with van der Waals surface area (Å²) in [6, 6.07) is 7.45. The van der Waals surface area contributed by atoms with Gasteiger partial charge < -0.3 is 5.32 Å². The van der Waals surface area contributed by atoms with Gasteiger partial charge in [0.1, 0.15) is 0 Å². The van der Waals surface area contributed by atoms with Crippen molar-refractivity contribution in [3.05, 3.63) is 35.4 Å². The van der Waals surface area contributed by atoms with E-state index >= 15 is 0 Å². The Bertz CT molecular complexity index is 444. The Morgan fingerprint density at radius 2 is 1.95 bits per heavy atom. The first-order chi connectivity index (χ1) is 8.70. The Balaban J connectivity index is 2.82. The van der Waals surface area contributed by atoms with Crippen LogP contribution in [0.5, 0.6) is 0 Å². The number of rotatable bonds is 4. The number of aryl methyl sites for hydroxylation is 1. The molecule has 0 aromatic heterocycles. The largest absolute Gasteiger partial charge is 0.321 e. The molecule has 0 heterocycles. The van der Waals surface area contributed by atoms with Crippen LogP contribution in [0, 0.1) is 6.92 Å². The lowest BCUT2D eigenvalue weighted by Crippen LogP contribution is -2.99. The van der Waals surface area contributed by atoms with E-state index in [4.69, 9.17) is 34.8 Å². The summed E-state index contributed by atoms with van der Waals surface area (Å²) in [5.41, 5.74) is 1.56. The molecule has 0 aliphatic carbocycles. The van der Waals surface area contributed by atoms with E-state index in [9.17, 15) is 4.79 Å². The highest BCUT2D eigenvalue weighted by Crippen LogP contribution is 2.27. The fourth-order valence-corrected chi connectivity index (χ4v) is 2.02. The topological polar surface area (TPSA) is 45.7 Å². The molecule has 3 N–H and O–H groups in total. The van der Waals surface area contributed by atoms with Crippen molar-refractivity contribution in [2.24, 2.45) is 0 Å². The van der Waals surface area contributed by atoms with Crippen molar-refractivity contribution in [2.45, 2.75) is 36.8 Å². The molecule has 3 nitrogen and oxygen atoms in total. The molecule has 0 aliphatic heterocycles. The lowest BCUT2D eigenvalue weighted by Gasteiger charge is -2.25. The normalized spacial score (nSPS) is 13.4. The number of nitrogens with one attached hydrogen (secondary N) is 1. The number of nitrogens with two attached hydrogens (primary N) is 1. The second-order valence-corrected chi connectivity index (χ2v) is 7.17. The van der Waals surface area contributed by atoms with E-state index < -0.39 is 9.96 Å². The SMILES string of the molecule is Cc1cccc(C(=O)N[C@H]([NH2+]C(C)C)C(Cl)(Cl)Cl)c1. The predicted molar refractivity (Wildman–Crippen MR) is 79.8 cm³/mol. The van der Waals surface area contributed by atoms with Crippen LogP contribution in [0.1, 0.15) is 29.8 Å². The average molecular weight is 325 g/mol. The molecule has 0 unspecified atom stereocenters. The molecule has 1 rings (SSSR count). The van der Waals surface area contributed by atoms with Crippen LogP contribution < -0.4 is 10.6 Å². The Hall–Kier alpha value is -0.480. The number of hydrogen-bond acceptors (Lipinski definition) is 1. The van der Waals surface area contributed by atoms with Gasteiger partial charge in [-0.15, -0.1) is 0 Å².